The fraction of sp³-hybridized carbons (Fsp3) is 1.00. The smallest absolute Gasteiger partial charge is 0.218 e. The zero-order chi connectivity index (χ0) is 8.20. The van der Waals surface area contributed by atoms with Crippen LogP contribution >= 0.6 is 0 Å². The summed E-state index contributed by atoms with van der Waals surface area (Å²) in [7, 11) is 1.50. The van der Waals surface area contributed by atoms with E-state index in [1.807, 2.05) is 13.8 Å². The molecule has 10 heavy (non-hydrogen) atoms. The third-order valence-corrected chi connectivity index (χ3v) is 2.01. The Hall–Kier alpha value is -0.160. The van der Waals surface area contributed by atoms with Gasteiger partial charge in [-0.2, -0.15) is 0 Å². The van der Waals surface area contributed by atoms with Crippen LogP contribution in [0.3, 0.4) is 0 Å². The highest BCUT2D eigenvalue weighted by Crippen LogP contribution is 2.08. The lowest BCUT2D eigenvalue weighted by Crippen LogP contribution is -3.14. The lowest BCUT2D eigenvalue weighted by molar-refractivity contribution is -0.918. The van der Waals surface area contributed by atoms with Gasteiger partial charge >= 0.3 is 0 Å². The average molecular weight is 148 g/mol. The standard InChI is InChI=1S/C6H16N2O2/c1-4-6(5-2,10-7)8(3)9/h8H,4-5,7H2,1-3H3. The molecule has 0 aliphatic heterocycles. The van der Waals surface area contributed by atoms with E-state index in [4.69, 9.17) is 5.90 Å². The van der Waals surface area contributed by atoms with Crippen LogP contribution in [-0.4, -0.2) is 12.8 Å². The molecule has 0 fully saturated rings. The fourth-order valence-electron chi connectivity index (χ4n) is 0.998. The summed E-state index contributed by atoms with van der Waals surface area (Å²) in [5, 5.41) is 11.0. The van der Waals surface area contributed by atoms with Gasteiger partial charge in [-0.05, 0) is 0 Å². The highest BCUT2D eigenvalue weighted by atomic mass is 16.7. The molecule has 0 saturated heterocycles. The van der Waals surface area contributed by atoms with Gasteiger partial charge in [0.25, 0.3) is 0 Å². The van der Waals surface area contributed by atoms with Gasteiger partial charge in [0.15, 0.2) is 0 Å². The van der Waals surface area contributed by atoms with E-state index in [1.54, 1.807) is 0 Å². The third kappa shape index (κ3) is 1.67. The molecule has 0 radical (unpaired) electrons. The van der Waals surface area contributed by atoms with Crippen molar-refractivity contribution in [2.24, 2.45) is 5.90 Å². The molecule has 0 aromatic rings. The first kappa shape index (κ1) is 9.84. The van der Waals surface area contributed by atoms with Crippen molar-refractivity contribution in [2.45, 2.75) is 32.4 Å². The molecule has 1 atom stereocenters. The van der Waals surface area contributed by atoms with E-state index in [1.165, 1.54) is 7.05 Å². The molecule has 0 spiro atoms. The van der Waals surface area contributed by atoms with Gasteiger partial charge < -0.3 is 10.3 Å². The van der Waals surface area contributed by atoms with Crippen LogP contribution in [-0.2, 0) is 4.84 Å². The number of hydroxylamine groups is 2. The predicted molar refractivity (Wildman–Crippen MR) is 38.8 cm³/mol. The fourth-order valence-corrected chi connectivity index (χ4v) is 0.998. The highest BCUT2D eigenvalue weighted by molar-refractivity contribution is 4.60. The summed E-state index contributed by atoms with van der Waals surface area (Å²) in [6.45, 7) is 3.77. The van der Waals surface area contributed by atoms with Crippen molar-refractivity contribution in [1.29, 1.82) is 0 Å². The van der Waals surface area contributed by atoms with Gasteiger partial charge in [0.2, 0.25) is 5.72 Å². The number of nitrogens with one attached hydrogen (secondary N) is 1. The summed E-state index contributed by atoms with van der Waals surface area (Å²) in [5.74, 6) is 5.01. The largest absolute Gasteiger partial charge is 0.632 e. The third-order valence-electron chi connectivity index (χ3n) is 2.01. The first-order chi connectivity index (χ1) is 4.63. The van der Waals surface area contributed by atoms with Crippen LogP contribution in [0, 0.1) is 5.21 Å². The summed E-state index contributed by atoms with van der Waals surface area (Å²) in [4.78, 5) is 4.65. The van der Waals surface area contributed by atoms with Crippen molar-refractivity contribution < 1.29 is 9.90 Å². The highest BCUT2D eigenvalue weighted by Gasteiger charge is 2.31. The molecule has 4 heteroatoms. The van der Waals surface area contributed by atoms with E-state index in [0.29, 0.717) is 12.8 Å². The van der Waals surface area contributed by atoms with Crippen LogP contribution in [0.25, 0.3) is 0 Å². The lowest BCUT2D eigenvalue weighted by Gasteiger charge is -2.37. The molecule has 0 aromatic carbocycles. The minimum absolute atomic E-state index is 0.000000000000000222. The molecular weight excluding hydrogens is 132 g/mol. The predicted octanol–water partition coefficient (Wildman–Crippen LogP) is -0.594. The second-order valence-electron chi connectivity index (χ2n) is 2.38. The topological polar surface area (TPSA) is 62.8 Å². The van der Waals surface area contributed by atoms with Crippen molar-refractivity contribution in [3.63, 3.8) is 0 Å². The van der Waals surface area contributed by atoms with E-state index in [9.17, 15) is 5.21 Å². The first-order valence-electron chi connectivity index (χ1n) is 3.52. The van der Waals surface area contributed by atoms with Gasteiger partial charge in [0.1, 0.15) is 0 Å². The molecule has 0 aromatic heterocycles. The van der Waals surface area contributed by atoms with Crippen LogP contribution in [0.1, 0.15) is 26.7 Å². The van der Waals surface area contributed by atoms with Gasteiger partial charge in [0, 0.05) is 12.8 Å². The van der Waals surface area contributed by atoms with Gasteiger partial charge in [-0.3, -0.25) is 0 Å². The molecule has 3 N–H and O–H groups in total. The monoisotopic (exact) mass is 148 g/mol. The molecule has 4 nitrogen and oxygen atoms in total. The summed E-state index contributed by atoms with van der Waals surface area (Å²) < 4.78 is 0. The molecule has 0 rings (SSSR count). The van der Waals surface area contributed by atoms with Crippen molar-refractivity contribution in [1.82, 2.24) is 0 Å². The number of hydrogen-bond acceptors (Lipinski definition) is 3. The molecule has 0 aliphatic carbocycles. The quantitative estimate of drug-likeness (QED) is 0.413. The van der Waals surface area contributed by atoms with Gasteiger partial charge in [-0.15, -0.1) is 0 Å². The van der Waals surface area contributed by atoms with Crippen molar-refractivity contribution in [2.75, 3.05) is 7.05 Å². The minimum Gasteiger partial charge on any atom is -0.632 e. The van der Waals surface area contributed by atoms with Crippen LogP contribution in [0.15, 0.2) is 0 Å². The molecule has 0 amide bonds. The van der Waals surface area contributed by atoms with E-state index in [0.717, 1.165) is 0 Å². The zero-order valence-electron chi connectivity index (χ0n) is 6.81. The Morgan fingerprint density at radius 1 is 1.50 bits per heavy atom. The maximum Gasteiger partial charge on any atom is 0.218 e. The normalized spacial score (nSPS) is 15.3. The van der Waals surface area contributed by atoms with E-state index in [-0.39, 0.29) is 5.06 Å². The average Bonchev–Trinajstić information content (AvgIpc) is 1.92. The SMILES string of the molecule is CCC(CC)(ON)[NH+](C)[O-]. The van der Waals surface area contributed by atoms with Crippen LogP contribution < -0.4 is 11.0 Å². The Kier molecular flexibility index (Phi) is 3.81. The van der Waals surface area contributed by atoms with E-state index < -0.39 is 5.72 Å². The van der Waals surface area contributed by atoms with Crippen molar-refractivity contribution >= 4 is 0 Å². The van der Waals surface area contributed by atoms with Gasteiger partial charge in [-0.1, -0.05) is 13.8 Å². The second kappa shape index (κ2) is 3.88. The molecule has 62 valence electrons. The van der Waals surface area contributed by atoms with Crippen LogP contribution in [0.2, 0.25) is 0 Å². The Morgan fingerprint density at radius 2 is 1.90 bits per heavy atom. The number of hydrogen-bond donors (Lipinski definition) is 2. The maximum atomic E-state index is 11.0. The van der Waals surface area contributed by atoms with E-state index in [2.05, 4.69) is 4.84 Å². The molecular formula is C6H16N2O2. The van der Waals surface area contributed by atoms with Gasteiger partial charge in [-0.25, -0.2) is 10.7 Å². The second-order valence-corrected chi connectivity index (χ2v) is 2.38. The zero-order valence-corrected chi connectivity index (χ0v) is 6.81. The Morgan fingerprint density at radius 3 is 1.90 bits per heavy atom. The molecule has 0 aliphatic rings. The van der Waals surface area contributed by atoms with Crippen LogP contribution in [0.4, 0.5) is 0 Å². The van der Waals surface area contributed by atoms with Crippen molar-refractivity contribution in [3.8, 4) is 0 Å². The summed E-state index contributed by atoms with van der Waals surface area (Å²) in [6.07, 6.45) is 1.27. The lowest BCUT2D eigenvalue weighted by atomic mass is 10.1. The Bertz CT molecular complexity index is 83.5. The molecule has 0 heterocycles. The summed E-state index contributed by atoms with van der Waals surface area (Å²) in [5.41, 5.74) is -0.736. The molecule has 0 saturated carbocycles. The van der Waals surface area contributed by atoms with Crippen molar-refractivity contribution in [3.05, 3.63) is 5.21 Å². The molecule has 0 bridgehead atoms. The minimum atomic E-state index is -0.736. The number of nitrogens with two attached hydrogens (primary N) is 1. The van der Waals surface area contributed by atoms with E-state index >= 15 is 0 Å². The number of quaternary nitrogens is 1. The van der Waals surface area contributed by atoms with Crippen LogP contribution in [0.5, 0.6) is 0 Å². The van der Waals surface area contributed by atoms with Gasteiger partial charge in [0.05, 0.1) is 7.05 Å². The molecule has 1 unspecified atom stereocenters. The maximum absolute atomic E-state index is 11.0. The Balaban J connectivity index is 4.15. The Labute approximate surface area is 61.5 Å². The first-order valence-corrected chi connectivity index (χ1v) is 3.52. The summed E-state index contributed by atoms with van der Waals surface area (Å²) >= 11 is 0. The number of rotatable bonds is 4. The summed E-state index contributed by atoms with van der Waals surface area (Å²) in [6, 6.07) is 0.